The maximum atomic E-state index is 5.12. The Morgan fingerprint density at radius 1 is 1.29 bits per heavy atom. The molecule has 0 saturated carbocycles. The molecule has 0 radical (unpaired) electrons. The molecule has 2 rings (SSSR count). The zero-order valence-corrected chi connectivity index (χ0v) is 9.28. The predicted octanol–water partition coefficient (Wildman–Crippen LogP) is 1.18. The number of nitrogens with zero attached hydrogens (tertiary/aromatic N) is 4. The second kappa shape index (κ2) is 6.37. The lowest BCUT2D eigenvalue weighted by Gasteiger charge is -1.96. The summed E-state index contributed by atoms with van der Waals surface area (Å²) < 4.78 is 0. The first-order valence-corrected chi connectivity index (χ1v) is 5.38. The van der Waals surface area contributed by atoms with Crippen molar-refractivity contribution in [1.29, 1.82) is 0 Å². The second-order valence-electron chi connectivity index (χ2n) is 3.41. The first-order valence-electron chi connectivity index (χ1n) is 5.38. The van der Waals surface area contributed by atoms with Gasteiger partial charge in [-0.25, -0.2) is 0 Å². The minimum Gasteiger partial charge on any atom is -0.396 e. The first kappa shape index (κ1) is 11.3. The van der Waals surface area contributed by atoms with Crippen LogP contribution in [0.5, 0.6) is 0 Å². The van der Waals surface area contributed by atoms with E-state index in [0.29, 0.717) is 12.4 Å². The largest absolute Gasteiger partial charge is 0.396 e. The van der Waals surface area contributed by atoms with Gasteiger partial charge in [-0.15, -0.1) is 10.2 Å². The van der Waals surface area contributed by atoms with Crippen molar-refractivity contribution in [2.45, 2.75) is 12.8 Å². The smallest absolute Gasteiger partial charge is 0.174 e. The molecule has 2 aromatic rings. The van der Waals surface area contributed by atoms with E-state index in [0.717, 1.165) is 18.4 Å². The summed E-state index contributed by atoms with van der Waals surface area (Å²) in [6.07, 6.45) is 3.23. The third-order valence-corrected chi connectivity index (χ3v) is 2.10. The number of rotatable bonds is 6. The summed E-state index contributed by atoms with van der Waals surface area (Å²) in [6, 6.07) is 9.80. The first-order chi connectivity index (χ1) is 8.45. The van der Waals surface area contributed by atoms with Gasteiger partial charge >= 0.3 is 0 Å². The number of benzene rings is 1. The van der Waals surface area contributed by atoms with E-state index in [1.807, 2.05) is 30.3 Å². The molecule has 0 aliphatic carbocycles. The Kier molecular flexibility index (Phi) is 4.21. The normalized spacial score (nSPS) is 10.8. The highest BCUT2D eigenvalue weighted by Crippen LogP contribution is 1.96. The number of hydrogen-bond donors (Lipinski definition) is 1. The summed E-state index contributed by atoms with van der Waals surface area (Å²) in [7, 11) is 0. The molecule has 6 heteroatoms. The van der Waals surface area contributed by atoms with E-state index in [-0.39, 0.29) is 0 Å². The van der Waals surface area contributed by atoms with Crippen molar-refractivity contribution in [3.05, 3.63) is 41.7 Å². The lowest BCUT2D eigenvalue weighted by atomic mass is 10.2. The molecule has 1 aromatic heterocycles. The molecule has 0 fully saturated rings. The fraction of sp³-hybridized carbons (Fsp3) is 0.273. The molecule has 1 aromatic carbocycles. The van der Waals surface area contributed by atoms with Crippen LogP contribution < -0.4 is 0 Å². The molecule has 0 unspecified atom stereocenters. The van der Waals surface area contributed by atoms with Crippen molar-refractivity contribution in [3.8, 4) is 0 Å². The number of nitrogens with one attached hydrogen (secondary N) is 1. The highest BCUT2D eigenvalue weighted by molar-refractivity contribution is 5.78. The van der Waals surface area contributed by atoms with Crippen LogP contribution in [0.1, 0.15) is 17.8 Å². The van der Waals surface area contributed by atoms with Crippen LogP contribution in [-0.4, -0.2) is 33.4 Å². The van der Waals surface area contributed by atoms with Crippen LogP contribution in [-0.2, 0) is 11.3 Å². The highest BCUT2D eigenvalue weighted by atomic mass is 16.6. The molecule has 0 aliphatic heterocycles. The SMILES string of the molecule is C(=N\OCCCc1nn[nH]n1)/c1ccccc1. The molecule has 0 bridgehead atoms. The van der Waals surface area contributed by atoms with Gasteiger partial charge in [0, 0.05) is 6.42 Å². The molecule has 0 atom stereocenters. The average Bonchev–Trinajstić information content (AvgIpc) is 2.88. The lowest BCUT2D eigenvalue weighted by Crippen LogP contribution is -1.95. The molecule has 0 amide bonds. The maximum Gasteiger partial charge on any atom is 0.174 e. The van der Waals surface area contributed by atoms with Crippen LogP contribution >= 0.6 is 0 Å². The van der Waals surface area contributed by atoms with Gasteiger partial charge in [-0.2, -0.15) is 5.21 Å². The number of oxime groups is 1. The quantitative estimate of drug-likeness (QED) is 0.460. The van der Waals surface area contributed by atoms with Gasteiger partial charge in [0.25, 0.3) is 0 Å². The molecule has 1 N–H and O–H groups in total. The van der Waals surface area contributed by atoms with Crippen molar-refractivity contribution in [2.75, 3.05) is 6.61 Å². The Balaban J connectivity index is 1.62. The lowest BCUT2D eigenvalue weighted by molar-refractivity contribution is 0.143. The van der Waals surface area contributed by atoms with Crippen LogP contribution in [0.4, 0.5) is 0 Å². The van der Waals surface area contributed by atoms with Crippen LogP contribution in [0.25, 0.3) is 0 Å². The fourth-order valence-corrected chi connectivity index (χ4v) is 1.27. The van der Waals surface area contributed by atoms with Gasteiger partial charge in [0.05, 0.1) is 6.21 Å². The van der Waals surface area contributed by atoms with Gasteiger partial charge in [0.1, 0.15) is 6.61 Å². The van der Waals surface area contributed by atoms with Crippen molar-refractivity contribution >= 4 is 6.21 Å². The summed E-state index contributed by atoms with van der Waals surface area (Å²) in [5.41, 5.74) is 1.02. The molecule has 1 heterocycles. The standard InChI is InChI=1S/C11H13N5O/c1-2-5-10(6-3-1)9-12-17-8-4-7-11-13-15-16-14-11/h1-3,5-6,9H,4,7-8H2,(H,13,14,15,16)/b12-9+. The Morgan fingerprint density at radius 2 is 2.18 bits per heavy atom. The van der Waals surface area contributed by atoms with E-state index in [2.05, 4.69) is 25.8 Å². The number of H-pyrrole nitrogens is 1. The monoisotopic (exact) mass is 231 g/mol. The van der Waals surface area contributed by atoms with Crippen molar-refractivity contribution < 1.29 is 4.84 Å². The number of hydrogen-bond acceptors (Lipinski definition) is 5. The number of aryl methyl sites for hydroxylation is 1. The van der Waals surface area contributed by atoms with Gasteiger partial charge in [-0.1, -0.05) is 40.7 Å². The van der Waals surface area contributed by atoms with Crippen LogP contribution in [0.3, 0.4) is 0 Å². The Labute approximate surface area is 98.7 Å². The minimum atomic E-state index is 0.540. The third kappa shape index (κ3) is 4.02. The summed E-state index contributed by atoms with van der Waals surface area (Å²) in [6.45, 7) is 0.540. The van der Waals surface area contributed by atoms with E-state index in [1.165, 1.54) is 0 Å². The van der Waals surface area contributed by atoms with Crippen LogP contribution in [0.2, 0.25) is 0 Å². The van der Waals surface area contributed by atoms with Gasteiger partial charge in [-0.05, 0) is 12.0 Å². The number of aromatic nitrogens is 4. The Morgan fingerprint density at radius 3 is 2.94 bits per heavy atom. The predicted molar refractivity (Wildman–Crippen MR) is 62.5 cm³/mol. The summed E-state index contributed by atoms with van der Waals surface area (Å²) in [4.78, 5) is 5.12. The summed E-state index contributed by atoms with van der Waals surface area (Å²) >= 11 is 0. The van der Waals surface area contributed by atoms with Gasteiger partial charge in [0.2, 0.25) is 0 Å². The fourth-order valence-electron chi connectivity index (χ4n) is 1.27. The third-order valence-electron chi connectivity index (χ3n) is 2.10. The molecule has 0 spiro atoms. The Hall–Kier alpha value is -2.24. The van der Waals surface area contributed by atoms with E-state index in [1.54, 1.807) is 6.21 Å². The molecule has 17 heavy (non-hydrogen) atoms. The average molecular weight is 231 g/mol. The molecular formula is C11H13N5O. The van der Waals surface area contributed by atoms with Crippen molar-refractivity contribution in [1.82, 2.24) is 20.6 Å². The zero-order valence-electron chi connectivity index (χ0n) is 9.28. The van der Waals surface area contributed by atoms with E-state index in [9.17, 15) is 0 Å². The second-order valence-corrected chi connectivity index (χ2v) is 3.41. The molecule has 88 valence electrons. The molecule has 6 nitrogen and oxygen atoms in total. The van der Waals surface area contributed by atoms with Crippen molar-refractivity contribution in [3.63, 3.8) is 0 Å². The van der Waals surface area contributed by atoms with E-state index < -0.39 is 0 Å². The Bertz CT molecular complexity index is 440. The number of aromatic amines is 1. The molecular weight excluding hydrogens is 218 g/mol. The van der Waals surface area contributed by atoms with Crippen LogP contribution in [0, 0.1) is 0 Å². The topological polar surface area (TPSA) is 76.1 Å². The highest BCUT2D eigenvalue weighted by Gasteiger charge is 1.96. The maximum absolute atomic E-state index is 5.12. The minimum absolute atomic E-state index is 0.540. The van der Waals surface area contributed by atoms with E-state index in [4.69, 9.17) is 4.84 Å². The number of tetrazole rings is 1. The van der Waals surface area contributed by atoms with Crippen LogP contribution in [0.15, 0.2) is 35.5 Å². The van der Waals surface area contributed by atoms with Gasteiger partial charge in [0.15, 0.2) is 5.82 Å². The molecule has 0 saturated heterocycles. The zero-order chi connectivity index (χ0) is 11.8. The van der Waals surface area contributed by atoms with Gasteiger partial charge in [-0.3, -0.25) is 0 Å². The van der Waals surface area contributed by atoms with Crippen molar-refractivity contribution in [2.24, 2.45) is 5.16 Å². The summed E-state index contributed by atoms with van der Waals surface area (Å²) in [5.74, 6) is 0.695. The van der Waals surface area contributed by atoms with E-state index >= 15 is 0 Å². The van der Waals surface area contributed by atoms with Gasteiger partial charge < -0.3 is 4.84 Å². The molecule has 0 aliphatic rings. The summed E-state index contributed by atoms with van der Waals surface area (Å²) in [5, 5.41) is 17.4.